The van der Waals surface area contributed by atoms with Gasteiger partial charge < -0.3 is 15.8 Å². The van der Waals surface area contributed by atoms with E-state index in [-0.39, 0.29) is 5.91 Å². The van der Waals surface area contributed by atoms with Crippen molar-refractivity contribution in [3.8, 4) is 0 Å². The van der Waals surface area contributed by atoms with Gasteiger partial charge in [-0.15, -0.1) is 0 Å². The van der Waals surface area contributed by atoms with Crippen LogP contribution in [0.25, 0.3) is 0 Å². The largest absolute Gasteiger partial charge is 0.465 e. The predicted molar refractivity (Wildman–Crippen MR) is 78.6 cm³/mol. The van der Waals surface area contributed by atoms with Crippen LogP contribution in [-0.4, -0.2) is 25.0 Å². The second kappa shape index (κ2) is 7.05. The van der Waals surface area contributed by atoms with Crippen LogP contribution in [0.4, 0.5) is 5.69 Å². The molecule has 1 amide bonds. The Hall–Kier alpha value is -1.88. The normalized spacial score (nSPS) is 12.1. The topological polar surface area (TPSA) is 81.4 Å². The van der Waals surface area contributed by atoms with Gasteiger partial charge in [-0.05, 0) is 31.4 Å². The van der Waals surface area contributed by atoms with Crippen molar-refractivity contribution < 1.29 is 14.3 Å². The minimum Gasteiger partial charge on any atom is -0.465 e. The number of hydrogen-bond acceptors (Lipinski definition) is 4. The quantitative estimate of drug-likeness (QED) is 0.808. The fourth-order valence-electron chi connectivity index (χ4n) is 1.89. The number of methoxy groups -OCH3 is 1. The van der Waals surface area contributed by atoms with Crippen molar-refractivity contribution in [2.24, 2.45) is 11.7 Å². The molecule has 1 aromatic carbocycles. The van der Waals surface area contributed by atoms with E-state index in [4.69, 9.17) is 10.5 Å². The van der Waals surface area contributed by atoms with Crippen LogP contribution >= 0.6 is 0 Å². The molecule has 0 heterocycles. The molecule has 1 atom stereocenters. The Morgan fingerprint density at radius 3 is 2.55 bits per heavy atom. The van der Waals surface area contributed by atoms with Gasteiger partial charge in [0.1, 0.15) is 0 Å². The Morgan fingerprint density at radius 1 is 1.35 bits per heavy atom. The van der Waals surface area contributed by atoms with E-state index in [0.717, 1.165) is 5.56 Å². The average Bonchev–Trinajstić information content (AvgIpc) is 2.38. The van der Waals surface area contributed by atoms with Crippen molar-refractivity contribution in [1.82, 2.24) is 0 Å². The van der Waals surface area contributed by atoms with Crippen LogP contribution in [0, 0.1) is 12.8 Å². The first kappa shape index (κ1) is 16.2. The number of esters is 1. The molecule has 5 nitrogen and oxygen atoms in total. The monoisotopic (exact) mass is 278 g/mol. The maximum atomic E-state index is 12.0. The molecule has 0 aromatic heterocycles. The number of ether oxygens (including phenoxy) is 1. The SMILES string of the molecule is COC(=O)c1cc(C)ccc1NC(=O)[C@H](N)CC(C)C. The molecular weight excluding hydrogens is 256 g/mol. The Labute approximate surface area is 119 Å². The molecule has 1 rings (SSSR count). The van der Waals surface area contributed by atoms with Crippen LogP contribution in [0.1, 0.15) is 36.2 Å². The number of hydrogen-bond donors (Lipinski definition) is 2. The summed E-state index contributed by atoms with van der Waals surface area (Å²) in [7, 11) is 1.31. The van der Waals surface area contributed by atoms with E-state index >= 15 is 0 Å². The molecule has 0 bridgehead atoms. The maximum Gasteiger partial charge on any atom is 0.339 e. The zero-order valence-electron chi connectivity index (χ0n) is 12.4. The third-order valence-electron chi connectivity index (χ3n) is 2.90. The molecule has 0 fully saturated rings. The lowest BCUT2D eigenvalue weighted by Gasteiger charge is -2.16. The zero-order chi connectivity index (χ0) is 15.3. The molecule has 0 aliphatic rings. The van der Waals surface area contributed by atoms with Crippen molar-refractivity contribution in [2.45, 2.75) is 33.2 Å². The third kappa shape index (κ3) is 4.35. The van der Waals surface area contributed by atoms with Crippen LogP contribution in [0.5, 0.6) is 0 Å². The van der Waals surface area contributed by atoms with Crippen molar-refractivity contribution in [2.75, 3.05) is 12.4 Å². The lowest BCUT2D eigenvalue weighted by Crippen LogP contribution is -2.37. The van der Waals surface area contributed by atoms with Gasteiger partial charge >= 0.3 is 5.97 Å². The number of aryl methyl sites for hydroxylation is 1. The van der Waals surface area contributed by atoms with Gasteiger partial charge in [0.2, 0.25) is 5.91 Å². The molecule has 0 spiro atoms. The predicted octanol–water partition coefficient (Wildman–Crippen LogP) is 2.09. The van der Waals surface area contributed by atoms with Gasteiger partial charge in [-0.25, -0.2) is 4.79 Å². The molecule has 1 aromatic rings. The molecule has 0 radical (unpaired) electrons. The summed E-state index contributed by atoms with van der Waals surface area (Å²) in [6, 6.07) is 4.58. The molecular formula is C15H22N2O3. The molecule has 0 saturated heterocycles. The lowest BCUT2D eigenvalue weighted by molar-refractivity contribution is -0.117. The van der Waals surface area contributed by atoms with E-state index in [1.54, 1.807) is 12.1 Å². The van der Waals surface area contributed by atoms with Crippen LogP contribution < -0.4 is 11.1 Å². The lowest BCUT2D eigenvalue weighted by atomic mass is 10.0. The fourth-order valence-corrected chi connectivity index (χ4v) is 1.89. The van der Waals surface area contributed by atoms with Crippen molar-refractivity contribution in [3.05, 3.63) is 29.3 Å². The highest BCUT2D eigenvalue weighted by Crippen LogP contribution is 2.19. The molecule has 0 saturated carbocycles. The first-order valence-electron chi connectivity index (χ1n) is 6.60. The number of nitrogens with one attached hydrogen (secondary N) is 1. The zero-order valence-corrected chi connectivity index (χ0v) is 12.4. The molecule has 3 N–H and O–H groups in total. The summed E-state index contributed by atoms with van der Waals surface area (Å²) in [6.07, 6.45) is 0.589. The summed E-state index contributed by atoms with van der Waals surface area (Å²) >= 11 is 0. The van der Waals surface area contributed by atoms with Crippen molar-refractivity contribution in [3.63, 3.8) is 0 Å². The highest BCUT2D eigenvalue weighted by Gasteiger charge is 2.18. The molecule has 0 aliphatic heterocycles. The first-order valence-corrected chi connectivity index (χ1v) is 6.60. The Balaban J connectivity index is 2.92. The van der Waals surface area contributed by atoms with Gasteiger partial charge in [-0.3, -0.25) is 4.79 Å². The van der Waals surface area contributed by atoms with Crippen LogP contribution in [-0.2, 0) is 9.53 Å². The second-order valence-electron chi connectivity index (χ2n) is 5.27. The highest BCUT2D eigenvalue weighted by atomic mass is 16.5. The summed E-state index contributed by atoms with van der Waals surface area (Å²) in [6.45, 7) is 5.86. The fraction of sp³-hybridized carbons (Fsp3) is 0.467. The standard InChI is InChI=1S/C15H22N2O3/c1-9(2)7-12(16)14(18)17-13-6-5-10(3)8-11(13)15(19)20-4/h5-6,8-9,12H,7,16H2,1-4H3,(H,17,18)/t12-/m1/s1. The Morgan fingerprint density at radius 2 is 2.00 bits per heavy atom. The molecule has 20 heavy (non-hydrogen) atoms. The van der Waals surface area contributed by atoms with E-state index in [9.17, 15) is 9.59 Å². The number of rotatable bonds is 5. The van der Waals surface area contributed by atoms with Crippen LogP contribution in [0.3, 0.4) is 0 Å². The third-order valence-corrected chi connectivity index (χ3v) is 2.90. The smallest absolute Gasteiger partial charge is 0.339 e. The summed E-state index contributed by atoms with van der Waals surface area (Å²) in [5.74, 6) is -0.456. The minimum absolute atomic E-state index is 0.298. The van der Waals surface area contributed by atoms with E-state index in [2.05, 4.69) is 5.32 Å². The minimum atomic E-state index is -0.596. The molecule has 5 heteroatoms. The van der Waals surface area contributed by atoms with E-state index < -0.39 is 12.0 Å². The molecule has 110 valence electrons. The summed E-state index contributed by atoms with van der Waals surface area (Å²) in [4.78, 5) is 23.7. The number of carbonyl (C=O) groups is 2. The average molecular weight is 278 g/mol. The van der Waals surface area contributed by atoms with E-state index in [1.807, 2.05) is 26.8 Å². The second-order valence-corrected chi connectivity index (χ2v) is 5.27. The van der Waals surface area contributed by atoms with Gasteiger partial charge in [0.25, 0.3) is 0 Å². The van der Waals surface area contributed by atoms with Gasteiger partial charge in [-0.2, -0.15) is 0 Å². The van der Waals surface area contributed by atoms with Gasteiger partial charge in [0.05, 0.1) is 24.4 Å². The van der Waals surface area contributed by atoms with Gasteiger partial charge in [0.15, 0.2) is 0 Å². The van der Waals surface area contributed by atoms with Gasteiger partial charge in [0, 0.05) is 0 Å². The molecule has 0 unspecified atom stereocenters. The maximum absolute atomic E-state index is 12.0. The number of benzene rings is 1. The Kier molecular flexibility index (Phi) is 5.70. The summed E-state index contributed by atoms with van der Waals surface area (Å²) < 4.78 is 4.72. The van der Waals surface area contributed by atoms with Gasteiger partial charge in [-0.1, -0.05) is 25.5 Å². The Bertz CT molecular complexity index is 498. The summed E-state index contributed by atoms with van der Waals surface area (Å²) in [5.41, 5.74) is 7.49. The number of nitrogens with two attached hydrogens (primary N) is 1. The number of anilines is 1. The highest BCUT2D eigenvalue weighted by molar-refractivity contribution is 6.02. The van der Waals surface area contributed by atoms with E-state index in [0.29, 0.717) is 23.6 Å². The first-order chi connectivity index (χ1) is 9.35. The number of amides is 1. The van der Waals surface area contributed by atoms with Crippen LogP contribution in [0.15, 0.2) is 18.2 Å². The molecule has 0 aliphatic carbocycles. The summed E-state index contributed by atoms with van der Waals surface area (Å²) in [5, 5.41) is 2.69. The van der Waals surface area contributed by atoms with Crippen molar-refractivity contribution >= 4 is 17.6 Å². The number of carbonyl (C=O) groups excluding carboxylic acids is 2. The van der Waals surface area contributed by atoms with Crippen molar-refractivity contribution in [1.29, 1.82) is 0 Å². The van der Waals surface area contributed by atoms with E-state index in [1.165, 1.54) is 7.11 Å². The van der Waals surface area contributed by atoms with Crippen LogP contribution in [0.2, 0.25) is 0 Å².